The molecule has 6 heteroatoms. The van der Waals surface area contributed by atoms with Crippen molar-refractivity contribution in [3.63, 3.8) is 0 Å². The van der Waals surface area contributed by atoms with Crippen LogP contribution in [0.15, 0.2) is 17.0 Å². The van der Waals surface area contributed by atoms with Crippen molar-refractivity contribution in [3.8, 4) is 5.75 Å². The number of carbonyl (C=O) groups is 1. The first-order chi connectivity index (χ1) is 12.8. The minimum absolute atomic E-state index is 0.170. The molecule has 0 unspecified atom stereocenters. The number of thiocarbonyl (C=S) groups is 1. The first kappa shape index (κ1) is 22.8. The van der Waals surface area contributed by atoms with Gasteiger partial charge in [-0.2, -0.15) is 0 Å². The van der Waals surface area contributed by atoms with Crippen LogP contribution in [0.4, 0.5) is 0 Å². The van der Waals surface area contributed by atoms with Crippen LogP contribution < -0.4 is 0 Å². The number of carbonyl (C=O) groups excluding carboxylic acids is 1. The normalized spacial score (nSPS) is 17.2. The first-order valence-electron chi connectivity index (χ1n) is 9.43. The molecule has 1 fully saturated rings. The Bertz CT molecular complexity index is 766. The topological polar surface area (TPSA) is 49.8 Å². The van der Waals surface area contributed by atoms with Gasteiger partial charge in [0.25, 0.3) is 0 Å². The predicted molar refractivity (Wildman–Crippen MR) is 122 cm³/mol. The highest BCUT2D eigenvalue weighted by Crippen LogP contribution is 2.40. The summed E-state index contributed by atoms with van der Waals surface area (Å²) in [5.41, 5.74) is 2.48. The Balaban J connectivity index is 2.49. The monoisotopic (exact) mass is 421 g/mol. The van der Waals surface area contributed by atoms with E-state index in [-0.39, 0.29) is 23.3 Å². The number of ether oxygens (including phenoxy) is 1. The quantitative estimate of drug-likeness (QED) is 0.427. The van der Waals surface area contributed by atoms with Crippen molar-refractivity contribution in [1.82, 2.24) is 4.90 Å². The minimum atomic E-state index is -0.289. The van der Waals surface area contributed by atoms with Crippen LogP contribution in [0.1, 0.15) is 58.2 Å². The van der Waals surface area contributed by atoms with Crippen LogP contribution in [0.2, 0.25) is 0 Å². The lowest BCUT2D eigenvalue weighted by atomic mass is 9.78. The molecule has 1 N–H and O–H groups in total. The van der Waals surface area contributed by atoms with Gasteiger partial charge in [-0.05, 0) is 34.6 Å². The molecule has 2 rings (SSSR count). The van der Waals surface area contributed by atoms with Crippen molar-refractivity contribution in [1.29, 1.82) is 0 Å². The average Bonchev–Trinajstić information content (AvgIpc) is 2.57. The van der Waals surface area contributed by atoms with Crippen molar-refractivity contribution >= 4 is 41.0 Å². The number of hydrogen-bond acceptors (Lipinski definition) is 5. The van der Waals surface area contributed by atoms with E-state index in [9.17, 15) is 9.90 Å². The molecule has 1 aliphatic heterocycles. The first-order valence-corrected chi connectivity index (χ1v) is 10.8. The van der Waals surface area contributed by atoms with Gasteiger partial charge in [0.2, 0.25) is 0 Å². The number of aromatic hydroxyl groups is 1. The van der Waals surface area contributed by atoms with Gasteiger partial charge in [0, 0.05) is 28.3 Å². The second kappa shape index (κ2) is 8.46. The van der Waals surface area contributed by atoms with Gasteiger partial charge < -0.3 is 14.7 Å². The number of phenols is 1. The van der Waals surface area contributed by atoms with Gasteiger partial charge in [0.05, 0.1) is 7.11 Å². The standard InChI is InChI=1S/C22H31NO3S2/c1-21(2,3)15-10-14(11-16(19(15)25)22(4,5)6)12-17-20(27)23(8-9-28-17)13-18(24)26-7/h10-12,25H,8-9,13H2,1-7H3/b17-12+. The van der Waals surface area contributed by atoms with E-state index in [1.165, 1.54) is 7.11 Å². The van der Waals surface area contributed by atoms with E-state index < -0.39 is 0 Å². The lowest BCUT2D eigenvalue weighted by Crippen LogP contribution is -2.39. The van der Waals surface area contributed by atoms with Gasteiger partial charge in [0.1, 0.15) is 17.3 Å². The molecular formula is C22H31NO3S2. The summed E-state index contributed by atoms with van der Waals surface area (Å²) < 4.78 is 4.78. The van der Waals surface area contributed by atoms with Crippen molar-refractivity contribution in [2.75, 3.05) is 26.0 Å². The van der Waals surface area contributed by atoms with Crippen LogP contribution in [-0.2, 0) is 20.4 Å². The molecule has 1 aliphatic rings. The highest BCUT2D eigenvalue weighted by Gasteiger charge is 2.27. The zero-order chi connectivity index (χ0) is 21.3. The number of methoxy groups -OCH3 is 1. The van der Waals surface area contributed by atoms with E-state index in [0.717, 1.165) is 33.9 Å². The van der Waals surface area contributed by atoms with Crippen molar-refractivity contribution in [2.24, 2.45) is 0 Å². The van der Waals surface area contributed by atoms with E-state index >= 15 is 0 Å². The summed E-state index contributed by atoms with van der Waals surface area (Å²) in [7, 11) is 1.39. The third-order valence-corrected chi connectivity index (χ3v) is 6.33. The Morgan fingerprint density at radius 2 is 1.75 bits per heavy atom. The number of esters is 1. The van der Waals surface area contributed by atoms with Crippen LogP contribution in [0.5, 0.6) is 5.75 Å². The number of benzene rings is 1. The Labute approximate surface area is 178 Å². The highest BCUT2D eigenvalue weighted by molar-refractivity contribution is 8.05. The van der Waals surface area contributed by atoms with Gasteiger partial charge >= 0.3 is 5.97 Å². The van der Waals surface area contributed by atoms with Crippen molar-refractivity contribution in [2.45, 2.75) is 52.4 Å². The van der Waals surface area contributed by atoms with Crippen LogP contribution in [0.25, 0.3) is 6.08 Å². The Morgan fingerprint density at radius 3 is 2.21 bits per heavy atom. The summed E-state index contributed by atoms with van der Waals surface area (Å²) in [6.07, 6.45) is 2.07. The van der Waals surface area contributed by atoms with E-state index in [4.69, 9.17) is 17.0 Å². The fourth-order valence-corrected chi connectivity index (χ4v) is 4.49. The summed E-state index contributed by atoms with van der Waals surface area (Å²) >= 11 is 7.33. The fraction of sp³-hybridized carbons (Fsp3) is 0.545. The third-order valence-electron chi connectivity index (χ3n) is 4.71. The molecule has 1 heterocycles. The predicted octanol–water partition coefficient (Wildman–Crippen LogP) is 4.88. The summed E-state index contributed by atoms with van der Waals surface area (Å²) in [5, 5.41) is 10.9. The lowest BCUT2D eigenvalue weighted by molar-refractivity contribution is -0.140. The fourth-order valence-electron chi connectivity index (χ4n) is 3.09. The van der Waals surface area contributed by atoms with E-state index in [0.29, 0.717) is 10.7 Å². The third kappa shape index (κ3) is 5.29. The second-order valence-corrected chi connectivity index (χ2v) is 10.6. The maximum Gasteiger partial charge on any atom is 0.325 e. The van der Waals surface area contributed by atoms with E-state index in [1.54, 1.807) is 11.8 Å². The molecule has 28 heavy (non-hydrogen) atoms. The highest BCUT2D eigenvalue weighted by atomic mass is 32.2. The van der Waals surface area contributed by atoms with Crippen molar-refractivity contribution in [3.05, 3.63) is 33.7 Å². The number of phenolic OH excluding ortho intramolecular Hbond substituents is 1. The molecule has 4 nitrogen and oxygen atoms in total. The molecule has 0 amide bonds. The molecule has 1 aromatic rings. The summed E-state index contributed by atoms with van der Waals surface area (Å²) in [6, 6.07) is 4.08. The molecular weight excluding hydrogens is 390 g/mol. The molecule has 0 spiro atoms. The van der Waals surface area contributed by atoms with Crippen molar-refractivity contribution < 1.29 is 14.6 Å². The van der Waals surface area contributed by atoms with Gasteiger partial charge in [-0.25, -0.2) is 0 Å². The molecule has 0 aliphatic carbocycles. The molecule has 1 aromatic carbocycles. The molecule has 0 bridgehead atoms. The zero-order valence-corrected chi connectivity index (χ0v) is 19.5. The Kier molecular flexibility index (Phi) is 6.87. The number of rotatable bonds is 3. The van der Waals surface area contributed by atoms with Crippen LogP contribution >= 0.6 is 24.0 Å². The molecule has 154 valence electrons. The lowest BCUT2D eigenvalue weighted by Gasteiger charge is -2.30. The number of thioether (sulfide) groups is 1. The Morgan fingerprint density at radius 1 is 1.21 bits per heavy atom. The van der Waals surface area contributed by atoms with Crippen LogP contribution in [0.3, 0.4) is 0 Å². The minimum Gasteiger partial charge on any atom is -0.507 e. The maximum atomic E-state index is 11.7. The summed E-state index contributed by atoms with van der Waals surface area (Å²) in [5.74, 6) is 0.941. The van der Waals surface area contributed by atoms with Gasteiger partial charge in [-0.15, -0.1) is 11.8 Å². The van der Waals surface area contributed by atoms with Gasteiger partial charge in [-0.1, -0.05) is 53.8 Å². The van der Waals surface area contributed by atoms with Crippen LogP contribution in [-0.4, -0.2) is 46.9 Å². The van der Waals surface area contributed by atoms with Crippen LogP contribution in [0, 0.1) is 0 Å². The van der Waals surface area contributed by atoms with Gasteiger partial charge in [0.15, 0.2) is 0 Å². The van der Waals surface area contributed by atoms with Gasteiger partial charge in [-0.3, -0.25) is 4.79 Å². The maximum absolute atomic E-state index is 11.7. The molecule has 0 radical (unpaired) electrons. The smallest absolute Gasteiger partial charge is 0.325 e. The van der Waals surface area contributed by atoms with E-state index in [1.807, 2.05) is 17.0 Å². The summed E-state index contributed by atoms with van der Waals surface area (Å²) in [4.78, 5) is 15.2. The van der Waals surface area contributed by atoms with E-state index in [2.05, 4.69) is 47.6 Å². The second-order valence-electron chi connectivity index (χ2n) is 9.12. The zero-order valence-electron chi connectivity index (χ0n) is 17.9. The molecule has 1 saturated heterocycles. The number of hydrogen-bond donors (Lipinski definition) is 1. The average molecular weight is 422 g/mol. The molecule has 0 atom stereocenters. The summed E-state index contributed by atoms with van der Waals surface area (Å²) in [6.45, 7) is 13.5. The SMILES string of the molecule is COC(=O)CN1CCS/C(=C/c2cc(C(C)(C)C)c(O)c(C(C)(C)C)c2)C1=S. The Hall–Kier alpha value is -1.53. The number of nitrogens with zero attached hydrogens (tertiary/aromatic N) is 1. The molecule has 0 aromatic heterocycles. The molecule has 0 saturated carbocycles. The largest absolute Gasteiger partial charge is 0.507 e.